The zero-order valence-electron chi connectivity index (χ0n) is 14.8. The molecular weight excluding hydrogens is 308 g/mol. The van der Waals surface area contributed by atoms with Crippen molar-refractivity contribution in [2.24, 2.45) is 10.4 Å². The van der Waals surface area contributed by atoms with Crippen molar-refractivity contribution >= 4 is 17.3 Å². The zero-order chi connectivity index (χ0) is 16.9. The molecule has 3 N–H and O–H groups in total. The maximum atomic E-state index is 10.3. The minimum atomic E-state index is -0.224. The number of aliphatic hydroxyl groups is 1. The lowest BCUT2D eigenvalue weighted by atomic mass is 9.73. The molecule has 2 unspecified atom stereocenters. The monoisotopic (exact) mass is 338 g/mol. The summed E-state index contributed by atoms with van der Waals surface area (Å²) in [6.45, 7) is 10.5. The number of aromatic nitrogens is 1. The maximum absolute atomic E-state index is 10.3. The third kappa shape index (κ3) is 4.91. The van der Waals surface area contributed by atoms with Gasteiger partial charge in [0, 0.05) is 23.4 Å². The van der Waals surface area contributed by atoms with Crippen molar-refractivity contribution in [3.05, 3.63) is 15.6 Å². The summed E-state index contributed by atoms with van der Waals surface area (Å²) >= 11 is 1.71. The first-order valence-electron chi connectivity index (χ1n) is 8.58. The Bertz CT molecular complexity index is 543. The quantitative estimate of drug-likeness (QED) is 0.570. The summed E-state index contributed by atoms with van der Waals surface area (Å²) < 4.78 is 0. The Morgan fingerprint density at radius 3 is 2.78 bits per heavy atom. The highest BCUT2D eigenvalue weighted by molar-refractivity contribution is 7.11. The number of thiazole rings is 1. The van der Waals surface area contributed by atoms with Crippen molar-refractivity contribution in [1.29, 1.82) is 0 Å². The Labute approximate surface area is 143 Å². The van der Waals surface area contributed by atoms with Crippen LogP contribution in [0.1, 0.15) is 55.1 Å². The highest BCUT2D eigenvalue weighted by Crippen LogP contribution is 2.35. The molecule has 1 aliphatic rings. The standard InChI is InChI=1S/C17H30N4OS/c1-5-18-16(19-10-14-12(2)21-13(3)23-14)20-11-17(4)9-7-6-8-15(17)22/h15,22H,5-11H2,1-4H3,(H2,18,19,20). The fourth-order valence-electron chi connectivity index (χ4n) is 3.09. The molecule has 1 aromatic rings. The first-order valence-corrected chi connectivity index (χ1v) is 9.39. The average Bonchev–Trinajstić information content (AvgIpc) is 2.83. The number of aliphatic hydroxyl groups excluding tert-OH is 1. The Morgan fingerprint density at radius 1 is 1.39 bits per heavy atom. The summed E-state index contributed by atoms with van der Waals surface area (Å²) in [5.74, 6) is 0.817. The molecule has 0 aromatic carbocycles. The van der Waals surface area contributed by atoms with Gasteiger partial charge < -0.3 is 15.7 Å². The van der Waals surface area contributed by atoms with E-state index in [0.29, 0.717) is 6.54 Å². The van der Waals surface area contributed by atoms with Crippen LogP contribution < -0.4 is 10.6 Å². The molecule has 0 radical (unpaired) electrons. The molecule has 2 atom stereocenters. The summed E-state index contributed by atoms with van der Waals surface area (Å²) in [7, 11) is 0. The highest BCUT2D eigenvalue weighted by Gasteiger charge is 2.35. The number of guanidine groups is 1. The first kappa shape index (κ1) is 18.2. The van der Waals surface area contributed by atoms with Crippen LogP contribution in [0.3, 0.4) is 0 Å². The van der Waals surface area contributed by atoms with E-state index in [2.05, 4.69) is 34.5 Å². The van der Waals surface area contributed by atoms with E-state index in [9.17, 15) is 5.11 Å². The summed E-state index contributed by atoms with van der Waals surface area (Å²) in [6.07, 6.45) is 4.08. The highest BCUT2D eigenvalue weighted by atomic mass is 32.1. The van der Waals surface area contributed by atoms with E-state index in [0.717, 1.165) is 49.0 Å². The van der Waals surface area contributed by atoms with E-state index in [4.69, 9.17) is 0 Å². The van der Waals surface area contributed by atoms with Gasteiger partial charge in [0.2, 0.25) is 0 Å². The third-order valence-corrected chi connectivity index (χ3v) is 5.72. The molecule has 1 aliphatic carbocycles. The molecule has 1 saturated carbocycles. The second-order valence-electron chi connectivity index (χ2n) is 6.71. The number of aliphatic imine (C=N–C) groups is 1. The molecule has 23 heavy (non-hydrogen) atoms. The van der Waals surface area contributed by atoms with E-state index < -0.39 is 0 Å². The minimum absolute atomic E-state index is 0.0641. The van der Waals surface area contributed by atoms with Gasteiger partial charge in [-0.15, -0.1) is 11.3 Å². The lowest BCUT2D eigenvalue weighted by Crippen LogP contribution is -2.48. The number of aryl methyl sites for hydroxylation is 2. The van der Waals surface area contributed by atoms with Crippen LogP contribution in [-0.2, 0) is 6.54 Å². The zero-order valence-corrected chi connectivity index (χ0v) is 15.6. The van der Waals surface area contributed by atoms with E-state index in [-0.39, 0.29) is 11.5 Å². The van der Waals surface area contributed by atoms with Crippen LogP contribution >= 0.6 is 11.3 Å². The average molecular weight is 339 g/mol. The van der Waals surface area contributed by atoms with Gasteiger partial charge in [-0.05, 0) is 33.6 Å². The maximum Gasteiger partial charge on any atom is 0.191 e. The van der Waals surface area contributed by atoms with Gasteiger partial charge in [-0.1, -0.05) is 19.8 Å². The molecule has 0 aliphatic heterocycles. The van der Waals surface area contributed by atoms with Crippen LogP contribution in [0.5, 0.6) is 0 Å². The largest absolute Gasteiger partial charge is 0.392 e. The Hall–Kier alpha value is -1.14. The normalized spacial score (nSPS) is 25.4. The molecule has 1 heterocycles. The van der Waals surface area contributed by atoms with Crippen LogP contribution in [0.25, 0.3) is 0 Å². The van der Waals surface area contributed by atoms with Gasteiger partial charge in [0.1, 0.15) is 0 Å². The van der Waals surface area contributed by atoms with E-state index in [1.165, 1.54) is 11.3 Å². The van der Waals surface area contributed by atoms with Crippen LogP contribution in [0, 0.1) is 19.3 Å². The molecule has 1 fully saturated rings. The summed E-state index contributed by atoms with van der Waals surface area (Å²) in [5, 5.41) is 18.1. The van der Waals surface area contributed by atoms with Gasteiger partial charge in [0.15, 0.2) is 5.96 Å². The van der Waals surface area contributed by atoms with Crippen molar-refractivity contribution in [3.63, 3.8) is 0 Å². The van der Waals surface area contributed by atoms with E-state index in [1.807, 2.05) is 13.8 Å². The molecule has 0 bridgehead atoms. The fraction of sp³-hybridized carbons (Fsp3) is 0.765. The van der Waals surface area contributed by atoms with Gasteiger partial charge in [-0.25, -0.2) is 9.98 Å². The molecular formula is C17H30N4OS. The van der Waals surface area contributed by atoms with Gasteiger partial charge in [-0.3, -0.25) is 0 Å². The Morgan fingerprint density at radius 2 is 2.17 bits per heavy atom. The number of hydrogen-bond donors (Lipinski definition) is 3. The smallest absolute Gasteiger partial charge is 0.191 e. The Balaban J connectivity index is 1.97. The van der Waals surface area contributed by atoms with E-state index in [1.54, 1.807) is 11.3 Å². The van der Waals surface area contributed by atoms with Crippen molar-refractivity contribution in [2.75, 3.05) is 13.1 Å². The van der Waals surface area contributed by atoms with Crippen molar-refractivity contribution in [3.8, 4) is 0 Å². The predicted molar refractivity (Wildman–Crippen MR) is 97.0 cm³/mol. The van der Waals surface area contributed by atoms with Crippen molar-refractivity contribution in [2.45, 2.75) is 66.0 Å². The third-order valence-electron chi connectivity index (χ3n) is 4.66. The topological polar surface area (TPSA) is 69.5 Å². The summed E-state index contributed by atoms with van der Waals surface area (Å²) in [6, 6.07) is 0. The molecule has 5 nitrogen and oxygen atoms in total. The van der Waals surface area contributed by atoms with Crippen LogP contribution in [0.15, 0.2) is 4.99 Å². The molecule has 6 heteroatoms. The van der Waals surface area contributed by atoms with Gasteiger partial charge in [0.05, 0.1) is 23.4 Å². The Kier molecular flexibility index (Phi) is 6.41. The van der Waals surface area contributed by atoms with Crippen molar-refractivity contribution in [1.82, 2.24) is 15.6 Å². The van der Waals surface area contributed by atoms with E-state index >= 15 is 0 Å². The number of nitrogens with zero attached hydrogens (tertiary/aromatic N) is 2. The summed E-state index contributed by atoms with van der Waals surface area (Å²) in [5.41, 5.74) is 1.01. The number of nitrogens with one attached hydrogen (secondary N) is 2. The molecule has 1 aromatic heterocycles. The van der Waals surface area contributed by atoms with Gasteiger partial charge in [-0.2, -0.15) is 0 Å². The lowest BCUT2D eigenvalue weighted by molar-refractivity contribution is 0.00397. The fourth-order valence-corrected chi connectivity index (χ4v) is 3.95. The van der Waals surface area contributed by atoms with Crippen LogP contribution in [0.2, 0.25) is 0 Å². The minimum Gasteiger partial charge on any atom is -0.392 e. The molecule has 0 saturated heterocycles. The molecule has 0 spiro atoms. The van der Waals surface area contributed by atoms with Crippen LogP contribution in [0.4, 0.5) is 0 Å². The first-order chi connectivity index (χ1) is 10.9. The lowest BCUT2D eigenvalue weighted by Gasteiger charge is -2.38. The number of hydrogen-bond acceptors (Lipinski definition) is 4. The molecule has 2 rings (SSSR count). The molecule has 130 valence electrons. The second-order valence-corrected chi connectivity index (χ2v) is 7.99. The summed E-state index contributed by atoms with van der Waals surface area (Å²) in [4.78, 5) is 10.3. The SMILES string of the molecule is CCNC(=NCc1sc(C)nc1C)NCC1(C)CCCCC1O. The number of rotatable bonds is 5. The molecule has 0 amide bonds. The van der Waals surface area contributed by atoms with Crippen LogP contribution in [-0.4, -0.2) is 35.2 Å². The predicted octanol–water partition coefficient (Wildman–Crippen LogP) is 2.76. The van der Waals surface area contributed by atoms with Crippen molar-refractivity contribution < 1.29 is 5.11 Å². The van der Waals surface area contributed by atoms with Gasteiger partial charge >= 0.3 is 0 Å². The second kappa shape index (κ2) is 8.11. The van der Waals surface area contributed by atoms with Gasteiger partial charge in [0.25, 0.3) is 0 Å².